The number of alkyl halides is 5. The van der Waals surface area contributed by atoms with E-state index in [-0.39, 0.29) is 3.74 Å². The van der Waals surface area contributed by atoms with Gasteiger partial charge in [-0.2, -0.15) is 0 Å². The van der Waals surface area contributed by atoms with Gasteiger partial charge in [-0.1, -0.05) is 63.7 Å². The van der Waals surface area contributed by atoms with Gasteiger partial charge in [0.2, 0.25) is 0 Å². The van der Waals surface area contributed by atoms with Crippen LogP contribution in [0.3, 0.4) is 0 Å². The zero-order valence-electron chi connectivity index (χ0n) is 3.67. The Morgan fingerprint density at radius 1 is 1.38 bits per heavy atom. The van der Waals surface area contributed by atoms with E-state index in [1.807, 2.05) is 0 Å². The minimum Gasteiger partial charge on any atom is -0.249 e. The fourth-order valence-electron chi connectivity index (χ4n) is 0.0583. The van der Waals surface area contributed by atoms with Gasteiger partial charge in [-0.25, -0.2) is 4.39 Å². The van der Waals surface area contributed by atoms with Gasteiger partial charge in [-0.05, 0) is 0 Å². The molecule has 0 unspecified atom stereocenters. The Kier molecular flexibility index (Phi) is 4.78. The summed E-state index contributed by atoms with van der Waals surface area (Å²) < 4.78 is 11.1. The van der Waals surface area contributed by atoms with Crippen molar-refractivity contribution in [2.75, 3.05) is 6.67 Å². The number of rotatable bonds is 2. The third kappa shape index (κ3) is 3.13. The van der Waals surface area contributed by atoms with Gasteiger partial charge in [0.15, 0.2) is 0 Å². The van der Waals surface area contributed by atoms with Gasteiger partial charge in [0.05, 0.1) is 3.74 Å². The van der Waals surface area contributed by atoms with Crippen molar-refractivity contribution in [3.63, 3.8) is 0 Å². The van der Waals surface area contributed by atoms with Crippen LogP contribution in [0.2, 0.25) is 0 Å². The zero-order valence-corrected chi connectivity index (χ0v) is 10.0. The van der Waals surface area contributed by atoms with E-state index in [1.54, 1.807) is 0 Å². The molecule has 0 aromatic carbocycles. The first-order valence-corrected chi connectivity index (χ1v) is 5.14. The van der Waals surface area contributed by atoms with Crippen LogP contribution in [0, 0.1) is 0 Å². The summed E-state index contributed by atoms with van der Waals surface area (Å²) in [5.41, 5.74) is 0. The van der Waals surface area contributed by atoms with Crippen LogP contribution < -0.4 is 0 Å². The normalized spacial score (nSPS) is 12.8. The van der Waals surface area contributed by atoms with Crippen molar-refractivity contribution >= 4 is 63.7 Å². The molecule has 0 rings (SSSR count). The Morgan fingerprint density at radius 3 is 1.75 bits per heavy atom. The molecule has 0 spiro atoms. The molecule has 0 N–H and O–H groups in total. The summed E-state index contributed by atoms with van der Waals surface area (Å²) in [4.78, 5) is 0. The summed E-state index contributed by atoms with van der Waals surface area (Å²) in [6.45, 7) is -0.478. The van der Waals surface area contributed by atoms with E-state index in [0.29, 0.717) is 0 Å². The molecular formula is C3H3Br4F. The van der Waals surface area contributed by atoms with E-state index in [1.165, 1.54) is 0 Å². The number of halogens is 5. The van der Waals surface area contributed by atoms with Crippen molar-refractivity contribution in [3.8, 4) is 0 Å². The second kappa shape index (κ2) is 3.88. The highest BCUT2D eigenvalue weighted by molar-refractivity contribution is 9.30. The van der Waals surface area contributed by atoms with Crippen LogP contribution >= 0.6 is 63.7 Å². The third-order valence-corrected chi connectivity index (χ3v) is 5.86. The highest BCUT2D eigenvalue weighted by Gasteiger charge is 2.29. The Hall–Kier alpha value is 1.85. The fourth-order valence-corrected chi connectivity index (χ4v) is 0.303. The Balaban J connectivity index is 3.71. The maximum atomic E-state index is 11.9. The second-order valence-electron chi connectivity index (χ2n) is 1.20. The van der Waals surface area contributed by atoms with E-state index in [2.05, 4.69) is 63.7 Å². The second-order valence-corrected chi connectivity index (χ2v) is 8.15. The summed E-state index contributed by atoms with van der Waals surface area (Å²) in [6, 6.07) is 0. The van der Waals surface area contributed by atoms with Crippen LogP contribution in [-0.2, 0) is 0 Å². The van der Waals surface area contributed by atoms with Crippen molar-refractivity contribution in [1.29, 1.82) is 0 Å². The van der Waals surface area contributed by atoms with E-state index in [9.17, 15) is 4.39 Å². The molecule has 0 nitrogen and oxygen atoms in total. The lowest BCUT2D eigenvalue weighted by atomic mass is 10.5. The van der Waals surface area contributed by atoms with Gasteiger partial charge in [-0.3, -0.25) is 0 Å². The number of hydrogen-bond acceptors (Lipinski definition) is 0. The van der Waals surface area contributed by atoms with Crippen LogP contribution in [0.15, 0.2) is 0 Å². The molecule has 0 saturated heterocycles. The van der Waals surface area contributed by atoms with Gasteiger partial charge in [0.25, 0.3) is 0 Å². The molecule has 0 aliphatic heterocycles. The molecule has 0 atom stereocenters. The van der Waals surface area contributed by atoms with Gasteiger partial charge in [0.1, 0.15) is 9.91 Å². The zero-order chi connectivity index (χ0) is 6.78. The maximum absolute atomic E-state index is 11.9. The average molecular weight is 378 g/mol. The molecule has 0 fully saturated rings. The quantitative estimate of drug-likeness (QED) is 0.646. The van der Waals surface area contributed by atoms with Crippen LogP contribution in [0.1, 0.15) is 0 Å². The first kappa shape index (κ1) is 9.85. The van der Waals surface area contributed by atoms with Crippen LogP contribution in [-0.4, -0.2) is 13.6 Å². The summed E-state index contributed by atoms with van der Waals surface area (Å²) in [7, 11) is 0. The minimum absolute atomic E-state index is 0.104. The molecule has 0 aliphatic carbocycles. The molecular weight excluding hydrogens is 375 g/mol. The largest absolute Gasteiger partial charge is 0.249 e. The summed E-state index contributed by atoms with van der Waals surface area (Å²) in [6.07, 6.45) is 0. The standard InChI is InChI=1S/C3H3Br4F/c4-2(5)3(6,7)1-8/h2H,1H2. The Bertz CT molecular complexity index is 71.7. The third-order valence-electron chi connectivity index (χ3n) is 0.497. The van der Waals surface area contributed by atoms with Crippen molar-refractivity contribution in [2.24, 2.45) is 0 Å². The van der Waals surface area contributed by atoms with Crippen molar-refractivity contribution < 1.29 is 4.39 Å². The molecule has 0 aliphatic rings. The lowest BCUT2D eigenvalue weighted by Gasteiger charge is -2.16. The first-order valence-electron chi connectivity index (χ1n) is 1.72. The van der Waals surface area contributed by atoms with E-state index >= 15 is 0 Å². The highest BCUT2D eigenvalue weighted by atomic mass is 79.9. The van der Waals surface area contributed by atoms with Crippen molar-refractivity contribution in [1.82, 2.24) is 0 Å². The van der Waals surface area contributed by atoms with Crippen molar-refractivity contribution in [3.05, 3.63) is 0 Å². The lowest BCUT2D eigenvalue weighted by molar-refractivity contribution is 0.486. The summed E-state index contributed by atoms with van der Waals surface area (Å²) in [5.74, 6) is 0. The molecule has 5 heteroatoms. The smallest absolute Gasteiger partial charge is 0.131 e. The lowest BCUT2D eigenvalue weighted by Crippen LogP contribution is -2.21. The fraction of sp³-hybridized carbons (Fsp3) is 1.00. The maximum Gasteiger partial charge on any atom is 0.131 e. The Morgan fingerprint density at radius 2 is 1.75 bits per heavy atom. The first-order chi connectivity index (χ1) is 3.50. The molecule has 0 bridgehead atoms. The molecule has 0 aromatic heterocycles. The van der Waals surface area contributed by atoms with E-state index in [0.717, 1.165) is 0 Å². The molecule has 0 aromatic rings. The highest BCUT2D eigenvalue weighted by Crippen LogP contribution is 2.38. The Labute approximate surface area is 81.1 Å². The summed E-state index contributed by atoms with van der Waals surface area (Å²) >= 11 is 12.5. The predicted molar refractivity (Wildman–Crippen MR) is 48.2 cm³/mol. The van der Waals surface area contributed by atoms with Gasteiger partial charge in [0, 0.05) is 0 Å². The van der Waals surface area contributed by atoms with Gasteiger partial charge < -0.3 is 0 Å². The topological polar surface area (TPSA) is 0 Å². The van der Waals surface area contributed by atoms with Crippen molar-refractivity contribution in [2.45, 2.75) is 6.97 Å². The molecule has 0 heterocycles. The van der Waals surface area contributed by atoms with Gasteiger partial charge in [-0.15, -0.1) is 0 Å². The minimum atomic E-state index is -0.667. The van der Waals surface area contributed by atoms with E-state index in [4.69, 9.17) is 0 Å². The molecule has 50 valence electrons. The molecule has 0 amide bonds. The van der Waals surface area contributed by atoms with E-state index < -0.39 is 9.91 Å². The molecule has 8 heavy (non-hydrogen) atoms. The SMILES string of the molecule is FCC(Br)(Br)C(Br)Br. The average Bonchev–Trinajstić information content (AvgIpc) is 1.67. The molecule has 0 saturated carbocycles. The number of hydrogen-bond donors (Lipinski definition) is 0. The predicted octanol–water partition coefficient (Wildman–Crippen LogP) is 3.56. The van der Waals surface area contributed by atoms with Gasteiger partial charge >= 0.3 is 0 Å². The monoisotopic (exact) mass is 374 g/mol. The van der Waals surface area contributed by atoms with Crippen LogP contribution in [0.4, 0.5) is 4.39 Å². The summed E-state index contributed by atoms with van der Waals surface area (Å²) in [5, 5.41) is 0. The van der Waals surface area contributed by atoms with Crippen LogP contribution in [0.25, 0.3) is 0 Å². The van der Waals surface area contributed by atoms with Crippen LogP contribution in [0.5, 0.6) is 0 Å². The molecule has 0 radical (unpaired) electrons.